The van der Waals surface area contributed by atoms with Gasteiger partial charge in [0, 0.05) is 35.8 Å². The summed E-state index contributed by atoms with van der Waals surface area (Å²) in [7, 11) is 1.59. The summed E-state index contributed by atoms with van der Waals surface area (Å²) in [5, 5.41) is 3.07. The molecular formula is C31H28F3N5O3S. The Bertz CT molecular complexity index is 1720. The van der Waals surface area contributed by atoms with Crippen LogP contribution in [0.2, 0.25) is 0 Å². The number of anilines is 2. The molecule has 1 aromatic heterocycles. The summed E-state index contributed by atoms with van der Waals surface area (Å²) in [6.07, 6.45) is -1.43. The van der Waals surface area contributed by atoms with E-state index in [-0.39, 0.29) is 22.9 Å². The third-order valence-electron chi connectivity index (χ3n) is 7.02. The van der Waals surface area contributed by atoms with Crippen LogP contribution in [0, 0.1) is 13.8 Å². The van der Waals surface area contributed by atoms with E-state index in [1.54, 1.807) is 30.0 Å². The molecule has 1 aliphatic heterocycles. The molecule has 12 heteroatoms. The molecule has 3 aromatic carbocycles. The van der Waals surface area contributed by atoms with E-state index in [9.17, 15) is 22.8 Å². The van der Waals surface area contributed by atoms with Crippen LogP contribution in [0.5, 0.6) is 0 Å². The monoisotopic (exact) mass is 607 g/mol. The summed E-state index contributed by atoms with van der Waals surface area (Å²) >= 11 is 1.19. The predicted octanol–water partition coefficient (Wildman–Crippen LogP) is 7.55. The fraction of sp³-hybridized carbons (Fsp3) is 0.226. The SMILES string of the molecule is COC(C)c1ccc(C)cc1N1C(=O)CSC1=NC(=O)Nc1ccc(-c2cn(-c3ccc(C(F)(F)F)cc3)cn2)cc1C. The van der Waals surface area contributed by atoms with Crippen LogP contribution in [-0.4, -0.2) is 39.5 Å². The van der Waals surface area contributed by atoms with E-state index in [1.807, 2.05) is 45.0 Å². The van der Waals surface area contributed by atoms with E-state index >= 15 is 0 Å². The number of amidine groups is 1. The molecule has 0 spiro atoms. The van der Waals surface area contributed by atoms with Crippen molar-refractivity contribution in [2.24, 2.45) is 4.99 Å². The number of aryl methyl sites for hydroxylation is 2. The van der Waals surface area contributed by atoms with Crippen LogP contribution in [0.25, 0.3) is 16.9 Å². The summed E-state index contributed by atoms with van der Waals surface area (Å²) in [5.41, 5.74) is 4.86. The highest BCUT2D eigenvalue weighted by atomic mass is 32.2. The molecule has 4 aromatic rings. The second-order valence-electron chi connectivity index (χ2n) is 10.0. The number of imidazole rings is 1. The Labute approximate surface area is 250 Å². The van der Waals surface area contributed by atoms with E-state index in [0.717, 1.165) is 34.4 Å². The molecule has 1 atom stereocenters. The topological polar surface area (TPSA) is 88.8 Å². The maximum absolute atomic E-state index is 13.0. The molecule has 1 N–H and O–H groups in total. The summed E-state index contributed by atoms with van der Waals surface area (Å²) in [6, 6.07) is 15.3. The Kier molecular flexibility index (Phi) is 8.43. The number of amides is 3. The number of ether oxygens (including phenoxy) is 1. The number of benzene rings is 3. The molecule has 0 radical (unpaired) electrons. The lowest BCUT2D eigenvalue weighted by molar-refractivity contribution is -0.137. The van der Waals surface area contributed by atoms with Gasteiger partial charge in [-0.2, -0.15) is 18.2 Å². The van der Waals surface area contributed by atoms with Crippen molar-refractivity contribution >= 4 is 40.2 Å². The van der Waals surface area contributed by atoms with Gasteiger partial charge in [0.1, 0.15) is 0 Å². The lowest BCUT2D eigenvalue weighted by atomic mass is 10.0. The normalized spacial score (nSPS) is 15.3. The number of rotatable bonds is 6. The number of aromatic nitrogens is 2. The Hall–Kier alpha value is -4.42. The van der Waals surface area contributed by atoms with Crippen LogP contribution in [0.4, 0.5) is 29.3 Å². The smallest absolute Gasteiger partial charge is 0.377 e. The van der Waals surface area contributed by atoms with E-state index in [4.69, 9.17) is 4.74 Å². The summed E-state index contributed by atoms with van der Waals surface area (Å²) in [6.45, 7) is 5.63. The minimum atomic E-state index is -4.40. The largest absolute Gasteiger partial charge is 0.416 e. The van der Waals surface area contributed by atoms with Crippen molar-refractivity contribution < 1.29 is 27.5 Å². The molecule has 0 bridgehead atoms. The highest BCUT2D eigenvalue weighted by Gasteiger charge is 2.33. The highest BCUT2D eigenvalue weighted by Crippen LogP contribution is 2.35. The van der Waals surface area contributed by atoms with Gasteiger partial charge in [-0.1, -0.05) is 30.0 Å². The van der Waals surface area contributed by atoms with Crippen LogP contribution in [-0.2, 0) is 15.7 Å². The second-order valence-corrected chi connectivity index (χ2v) is 11.0. The number of nitrogens with one attached hydrogen (secondary N) is 1. The molecule has 5 rings (SSSR count). The van der Waals surface area contributed by atoms with Gasteiger partial charge in [0.2, 0.25) is 5.91 Å². The summed E-state index contributed by atoms with van der Waals surface area (Å²) in [4.78, 5) is 35.9. The molecule has 222 valence electrons. The van der Waals surface area contributed by atoms with E-state index in [1.165, 1.54) is 35.1 Å². The van der Waals surface area contributed by atoms with Gasteiger partial charge in [-0.25, -0.2) is 9.78 Å². The summed E-state index contributed by atoms with van der Waals surface area (Å²) < 4.78 is 45.8. The minimum absolute atomic E-state index is 0.160. The fourth-order valence-electron chi connectivity index (χ4n) is 4.63. The average Bonchev–Trinajstić information content (AvgIpc) is 3.60. The average molecular weight is 608 g/mol. The van der Waals surface area contributed by atoms with Crippen molar-refractivity contribution in [2.75, 3.05) is 23.1 Å². The lowest BCUT2D eigenvalue weighted by Crippen LogP contribution is -2.31. The van der Waals surface area contributed by atoms with Gasteiger partial charge in [0.15, 0.2) is 5.17 Å². The number of methoxy groups -OCH3 is 1. The van der Waals surface area contributed by atoms with Crippen LogP contribution >= 0.6 is 11.8 Å². The van der Waals surface area contributed by atoms with Gasteiger partial charge in [-0.3, -0.25) is 9.69 Å². The first kappa shape index (κ1) is 30.1. The number of thioether (sulfide) groups is 1. The Morgan fingerprint density at radius 3 is 2.51 bits per heavy atom. The van der Waals surface area contributed by atoms with Gasteiger partial charge in [0.25, 0.3) is 0 Å². The minimum Gasteiger partial charge on any atom is -0.377 e. The fourth-order valence-corrected chi connectivity index (χ4v) is 5.49. The van der Waals surface area contributed by atoms with Crippen molar-refractivity contribution in [3.63, 3.8) is 0 Å². The predicted molar refractivity (Wildman–Crippen MR) is 162 cm³/mol. The van der Waals surface area contributed by atoms with Gasteiger partial charge in [-0.05, 0) is 74.4 Å². The number of alkyl halides is 3. The maximum Gasteiger partial charge on any atom is 0.416 e. The van der Waals surface area contributed by atoms with Crippen LogP contribution in [0.15, 0.2) is 78.2 Å². The lowest BCUT2D eigenvalue weighted by Gasteiger charge is -2.23. The van der Waals surface area contributed by atoms with Gasteiger partial charge in [0.05, 0.1) is 35.1 Å². The Balaban J connectivity index is 1.33. The number of hydrogen-bond acceptors (Lipinski definition) is 5. The molecule has 1 unspecified atom stereocenters. The number of carbonyl (C=O) groups excluding carboxylic acids is 2. The second kappa shape index (κ2) is 12.1. The van der Waals surface area contributed by atoms with Gasteiger partial charge < -0.3 is 14.6 Å². The molecular weight excluding hydrogens is 579 g/mol. The first-order chi connectivity index (χ1) is 20.4. The van der Waals surface area contributed by atoms with Crippen molar-refractivity contribution in [1.82, 2.24) is 9.55 Å². The molecule has 0 saturated carbocycles. The first-order valence-corrected chi connectivity index (χ1v) is 14.2. The van der Waals surface area contributed by atoms with Crippen molar-refractivity contribution in [2.45, 2.75) is 33.1 Å². The zero-order valence-electron chi connectivity index (χ0n) is 23.8. The number of urea groups is 1. The molecule has 1 saturated heterocycles. The standard InChI is InChI=1S/C31H28F3N5O3S/c1-18-5-11-24(20(3)42-4)27(13-18)39-28(40)16-43-30(39)37-29(41)36-25-12-6-21(14-19(25)2)26-15-38(17-35-26)23-9-7-22(8-10-23)31(32,33)34/h5-15,17,20H,16H2,1-4H3,(H,36,41). The van der Waals surface area contributed by atoms with Gasteiger partial charge in [-0.15, -0.1) is 0 Å². The number of aliphatic imine (C=N–C) groups is 1. The number of hydrogen-bond donors (Lipinski definition) is 1. The summed E-state index contributed by atoms with van der Waals surface area (Å²) in [5.74, 6) is -0.0174. The molecule has 0 aliphatic carbocycles. The molecule has 1 aliphatic rings. The van der Waals surface area contributed by atoms with Crippen molar-refractivity contribution in [3.8, 4) is 16.9 Å². The van der Waals surface area contributed by atoms with Crippen LogP contribution < -0.4 is 10.2 Å². The third-order valence-corrected chi connectivity index (χ3v) is 7.94. The maximum atomic E-state index is 13.0. The Morgan fingerprint density at radius 2 is 1.84 bits per heavy atom. The molecule has 2 heterocycles. The zero-order valence-corrected chi connectivity index (χ0v) is 24.6. The zero-order chi connectivity index (χ0) is 30.9. The third kappa shape index (κ3) is 6.50. The number of carbonyl (C=O) groups is 2. The molecule has 43 heavy (non-hydrogen) atoms. The van der Waals surface area contributed by atoms with Crippen LogP contribution in [0.1, 0.15) is 35.3 Å². The highest BCUT2D eigenvalue weighted by molar-refractivity contribution is 8.15. The quantitative estimate of drug-likeness (QED) is 0.245. The Morgan fingerprint density at radius 1 is 1.09 bits per heavy atom. The number of nitrogens with zero attached hydrogens (tertiary/aromatic N) is 4. The van der Waals surface area contributed by atoms with Gasteiger partial charge >= 0.3 is 12.2 Å². The molecule has 1 fully saturated rings. The van der Waals surface area contributed by atoms with E-state index < -0.39 is 17.8 Å². The van der Waals surface area contributed by atoms with Crippen molar-refractivity contribution in [1.29, 1.82) is 0 Å². The molecule has 8 nitrogen and oxygen atoms in total. The van der Waals surface area contributed by atoms with E-state index in [2.05, 4.69) is 15.3 Å². The van der Waals surface area contributed by atoms with Crippen molar-refractivity contribution in [3.05, 3.63) is 95.4 Å². The molecule has 3 amide bonds. The number of halogens is 3. The van der Waals surface area contributed by atoms with E-state index in [0.29, 0.717) is 22.8 Å². The van der Waals surface area contributed by atoms with Crippen LogP contribution in [0.3, 0.4) is 0 Å². The first-order valence-electron chi connectivity index (χ1n) is 13.3.